The van der Waals surface area contributed by atoms with E-state index < -0.39 is 15.8 Å². The van der Waals surface area contributed by atoms with Crippen molar-refractivity contribution in [2.75, 3.05) is 4.90 Å². The van der Waals surface area contributed by atoms with Gasteiger partial charge in [0.05, 0.1) is 16.4 Å². The number of halogens is 1. The van der Waals surface area contributed by atoms with E-state index in [-0.39, 0.29) is 23.5 Å². The maximum absolute atomic E-state index is 13.2. The zero-order chi connectivity index (χ0) is 21.0. The summed E-state index contributed by atoms with van der Waals surface area (Å²) >= 11 is 3.34. The largest absolute Gasteiger partial charge is 0.304 e. The predicted octanol–water partition coefficient (Wildman–Crippen LogP) is 5.11. The molecule has 3 rings (SSSR count). The van der Waals surface area contributed by atoms with Crippen LogP contribution in [0.25, 0.3) is 0 Å². The van der Waals surface area contributed by atoms with E-state index in [0.29, 0.717) is 11.3 Å². The number of carbonyl (C=O) groups is 1. The monoisotopic (exact) mass is 455 g/mol. The van der Waals surface area contributed by atoms with Gasteiger partial charge in [-0.1, -0.05) is 34.1 Å². The first-order valence-corrected chi connectivity index (χ1v) is 9.19. The third-order valence-corrected chi connectivity index (χ3v) is 4.68. The number of hydrogen-bond acceptors (Lipinski definition) is 5. The molecular weight excluding hydrogens is 442 g/mol. The number of nitrogens with zero attached hydrogens (tertiary/aromatic N) is 3. The molecule has 0 N–H and O–H groups in total. The van der Waals surface area contributed by atoms with Gasteiger partial charge in [0.2, 0.25) is 0 Å². The summed E-state index contributed by atoms with van der Waals surface area (Å²) in [5, 5.41) is 22.1. The molecule has 3 aromatic rings. The summed E-state index contributed by atoms with van der Waals surface area (Å²) < 4.78 is 0.819. The fraction of sp³-hybridized carbons (Fsp3) is 0.0500. The number of benzene rings is 3. The molecule has 9 heteroatoms. The molecule has 0 aliphatic carbocycles. The summed E-state index contributed by atoms with van der Waals surface area (Å²) in [5.41, 5.74) is 0.979. The molecule has 29 heavy (non-hydrogen) atoms. The molecule has 0 aliphatic rings. The number of hydrogen-bond donors (Lipinski definition) is 0. The minimum absolute atomic E-state index is 0.0604. The van der Waals surface area contributed by atoms with Crippen LogP contribution < -0.4 is 4.90 Å². The van der Waals surface area contributed by atoms with E-state index in [1.54, 1.807) is 36.4 Å². The number of nitro benzene ring substituents is 2. The van der Waals surface area contributed by atoms with Gasteiger partial charge in [0, 0.05) is 40.0 Å². The van der Waals surface area contributed by atoms with Gasteiger partial charge in [0.25, 0.3) is 17.3 Å². The first-order valence-electron chi connectivity index (χ1n) is 8.40. The average Bonchev–Trinajstić information content (AvgIpc) is 2.72. The van der Waals surface area contributed by atoms with Gasteiger partial charge >= 0.3 is 0 Å². The van der Waals surface area contributed by atoms with E-state index in [4.69, 9.17) is 0 Å². The van der Waals surface area contributed by atoms with E-state index in [1.807, 2.05) is 0 Å². The van der Waals surface area contributed by atoms with Crippen molar-refractivity contribution in [3.8, 4) is 0 Å². The Balaban J connectivity index is 2.01. The van der Waals surface area contributed by atoms with Gasteiger partial charge in [-0.25, -0.2) is 0 Å². The van der Waals surface area contributed by atoms with Crippen LogP contribution in [-0.4, -0.2) is 15.8 Å². The number of amides is 1. The van der Waals surface area contributed by atoms with E-state index in [1.165, 1.54) is 41.3 Å². The summed E-state index contributed by atoms with van der Waals surface area (Å²) in [5.74, 6) is -0.456. The lowest BCUT2D eigenvalue weighted by atomic mass is 10.1. The van der Waals surface area contributed by atoms with Crippen LogP contribution in [0.2, 0.25) is 0 Å². The Bertz CT molecular complexity index is 1090. The van der Waals surface area contributed by atoms with Gasteiger partial charge in [-0.15, -0.1) is 0 Å². The predicted molar refractivity (Wildman–Crippen MR) is 111 cm³/mol. The molecular formula is C20H14BrN3O5. The molecule has 0 atom stereocenters. The van der Waals surface area contributed by atoms with Crippen LogP contribution >= 0.6 is 15.9 Å². The van der Waals surface area contributed by atoms with Gasteiger partial charge in [-0.3, -0.25) is 25.0 Å². The molecule has 0 radical (unpaired) electrons. The number of anilines is 1. The SMILES string of the molecule is O=C(c1cccc([N+](=O)[O-])c1)N(Cc1cccc([N+](=O)[O-])c1)c1ccc(Br)cc1. The van der Waals surface area contributed by atoms with Crippen molar-refractivity contribution < 1.29 is 14.6 Å². The fourth-order valence-corrected chi connectivity index (χ4v) is 3.03. The second-order valence-corrected chi connectivity index (χ2v) is 7.02. The van der Waals surface area contributed by atoms with Crippen LogP contribution in [-0.2, 0) is 6.54 Å². The van der Waals surface area contributed by atoms with Crippen molar-refractivity contribution in [2.24, 2.45) is 0 Å². The third-order valence-electron chi connectivity index (χ3n) is 4.15. The van der Waals surface area contributed by atoms with Crippen LogP contribution in [0.15, 0.2) is 77.3 Å². The number of nitro groups is 2. The highest BCUT2D eigenvalue weighted by Gasteiger charge is 2.21. The van der Waals surface area contributed by atoms with E-state index >= 15 is 0 Å². The van der Waals surface area contributed by atoms with Gasteiger partial charge in [-0.2, -0.15) is 0 Å². The molecule has 0 heterocycles. The van der Waals surface area contributed by atoms with Crippen molar-refractivity contribution >= 4 is 38.9 Å². The number of rotatable bonds is 6. The average molecular weight is 456 g/mol. The van der Waals surface area contributed by atoms with Crippen molar-refractivity contribution in [3.05, 3.63) is 109 Å². The van der Waals surface area contributed by atoms with Crippen molar-refractivity contribution in [3.63, 3.8) is 0 Å². The second kappa shape index (κ2) is 8.61. The van der Waals surface area contributed by atoms with E-state index in [2.05, 4.69) is 15.9 Å². The smallest absolute Gasteiger partial charge is 0.270 e. The first-order chi connectivity index (χ1) is 13.8. The Hall–Kier alpha value is -3.59. The molecule has 0 unspecified atom stereocenters. The molecule has 0 saturated heterocycles. The Morgan fingerprint density at radius 2 is 1.45 bits per heavy atom. The van der Waals surface area contributed by atoms with E-state index in [0.717, 1.165) is 4.47 Å². The number of carbonyl (C=O) groups excluding carboxylic acids is 1. The van der Waals surface area contributed by atoms with Crippen molar-refractivity contribution in [1.29, 1.82) is 0 Å². The normalized spacial score (nSPS) is 10.4. The molecule has 1 amide bonds. The standard InChI is InChI=1S/C20H14BrN3O5/c21-16-7-9-17(10-8-16)22(13-14-3-1-5-18(11-14)23(26)27)20(25)15-4-2-6-19(12-15)24(28)29/h1-12H,13H2. The molecule has 0 bridgehead atoms. The highest BCUT2D eigenvalue weighted by Crippen LogP contribution is 2.25. The first kappa shape index (κ1) is 20.2. The quantitative estimate of drug-likeness (QED) is 0.378. The van der Waals surface area contributed by atoms with Crippen LogP contribution in [0.4, 0.5) is 17.1 Å². The highest BCUT2D eigenvalue weighted by molar-refractivity contribution is 9.10. The molecule has 0 aliphatic heterocycles. The molecule has 0 spiro atoms. The van der Waals surface area contributed by atoms with Crippen molar-refractivity contribution in [1.82, 2.24) is 0 Å². The summed E-state index contributed by atoms with van der Waals surface area (Å²) in [6.45, 7) is 0.0604. The van der Waals surface area contributed by atoms with Crippen LogP contribution in [0, 0.1) is 20.2 Å². The Morgan fingerprint density at radius 3 is 2.07 bits per heavy atom. The lowest BCUT2D eigenvalue weighted by Gasteiger charge is -2.23. The Morgan fingerprint density at radius 1 is 0.862 bits per heavy atom. The molecule has 3 aromatic carbocycles. The summed E-state index contributed by atoms with van der Waals surface area (Å²) in [6.07, 6.45) is 0. The highest BCUT2D eigenvalue weighted by atomic mass is 79.9. The van der Waals surface area contributed by atoms with Crippen molar-refractivity contribution in [2.45, 2.75) is 6.54 Å². The van der Waals surface area contributed by atoms with Crippen LogP contribution in [0.5, 0.6) is 0 Å². The summed E-state index contributed by atoms with van der Waals surface area (Å²) in [7, 11) is 0. The Kier molecular flexibility index (Phi) is 5.99. The maximum Gasteiger partial charge on any atom is 0.270 e. The molecule has 8 nitrogen and oxygen atoms in total. The zero-order valence-electron chi connectivity index (χ0n) is 14.9. The van der Waals surface area contributed by atoms with Gasteiger partial charge in [0.1, 0.15) is 0 Å². The molecule has 0 fully saturated rings. The van der Waals surface area contributed by atoms with Gasteiger partial charge in [-0.05, 0) is 35.9 Å². The fourth-order valence-electron chi connectivity index (χ4n) is 2.76. The lowest BCUT2D eigenvalue weighted by Crippen LogP contribution is -2.30. The topological polar surface area (TPSA) is 107 Å². The lowest BCUT2D eigenvalue weighted by molar-refractivity contribution is -0.385. The van der Waals surface area contributed by atoms with Crippen LogP contribution in [0.1, 0.15) is 15.9 Å². The minimum atomic E-state index is -0.568. The summed E-state index contributed by atoms with van der Waals surface area (Å²) in [6, 6.07) is 18.4. The minimum Gasteiger partial charge on any atom is -0.304 e. The van der Waals surface area contributed by atoms with Gasteiger partial charge in [0.15, 0.2) is 0 Å². The maximum atomic E-state index is 13.2. The van der Waals surface area contributed by atoms with E-state index in [9.17, 15) is 25.0 Å². The van der Waals surface area contributed by atoms with Gasteiger partial charge < -0.3 is 4.90 Å². The number of non-ortho nitro benzene ring substituents is 2. The second-order valence-electron chi connectivity index (χ2n) is 6.10. The Labute approximate surface area is 173 Å². The molecule has 146 valence electrons. The molecule has 0 saturated carbocycles. The third kappa shape index (κ3) is 4.82. The molecule has 0 aromatic heterocycles. The van der Waals surface area contributed by atoms with Crippen LogP contribution in [0.3, 0.4) is 0 Å². The zero-order valence-corrected chi connectivity index (χ0v) is 16.5. The summed E-state index contributed by atoms with van der Waals surface area (Å²) in [4.78, 5) is 35.7.